The average molecular weight is 299 g/mol. The van der Waals surface area contributed by atoms with Gasteiger partial charge in [0, 0.05) is 19.6 Å². The van der Waals surface area contributed by atoms with Crippen molar-refractivity contribution in [2.24, 2.45) is 0 Å². The topological polar surface area (TPSA) is 87.3 Å². The Morgan fingerprint density at radius 2 is 1.70 bits per heavy atom. The van der Waals surface area contributed by atoms with Crippen LogP contribution >= 0.6 is 0 Å². The van der Waals surface area contributed by atoms with Crippen molar-refractivity contribution in [2.45, 2.75) is 12.8 Å². The highest BCUT2D eigenvalue weighted by molar-refractivity contribution is 7.88. The smallest absolute Gasteiger partial charge is 0.314 e. The maximum atomic E-state index is 11.4. The summed E-state index contributed by atoms with van der Waals surface area (Å²) in [6.45, 7) is 1.04. The summed E-state index contributed by atoms with van der Waals surface area (Å²) in [6, 6.07) is 9.77. The molecule has 0 aliphatic carbocycles. The predicted octanol–water partition coefficient (Wildman–Crippen LogP) is 0.468. The zero-order valence-corrected chi connectivity index (χ0v) is 12.4. The molecule has 0 fully saturated rings. The first-order valence-electron chi connectivity index (χ1n) is 6.47. The molecule has 0 spiro atoms. The van der Waals surface area contributed by atoms with Crippen LogP contribution in [0.25, 0.3) is 0 Å². The van der Waals surface area contributed by atoms with Gasteiger partial charge in [-0.05, 0) is 18.4 Å². The second-order valence-electron chi connectivity index (χ2n) is 4.44. The zero-order valence-electron chi connectivity index (χ0n) is 11.6. The molecular weight excluding hydrogens is 278 g/mol. The van der Waals surface area contributed by atoms with Crippen LogP contribution in [0, 0.1) is 0 Å². The molecule has 6 nitrogen and oxygen atoms in total. The minimum absolute atomic E-state index is 0.191. The molecule has 0 radical (unpaired) electrons. The van der Waals surface area contributed by atoms with Crippen LogP contribution in [-0.4, -0.2) is 40.3 Å². The first-order valence-corrected chi connectivity index (χ1v) is 8.37. The van der Waals surface area contributed by atoms with Crippen molar-refractivity contribution < 1.29 is 13.2 Å². The second kappa shape index (κ2) is 8.55. The number of carbonyl (C=O) groups is 1. The molecule has 20 heavy (non-hydrogen) atoms. The summed E-state index contributed by atoms with van der Waals surface area (Å²) in [5, 5.41) is 5.30. The molecule has 7 heteroatoms. The van der Waals surface area contributed by atoms with E-state index in [2.05, 4.69) is 27.5 Å². The van der Waals surface area contributed by atoms with Crippen LogP contribution in [-0.2, 0) is 16.4 Å². The minimum Gasteiger partial charge on any atom is -0.338 e. The number of amides is 2. The van der Waals surface area contributed by atoms with E-state index in [9.17, 15) is 13.2 Å². The van der Waals surface area contributed by atoms with Gasteiger partial charge in [0.25, 0.3) is 0 Å². The third-order valence-electron chi connectivity index (χ3n) is 2.55. The van der Waals surface area contributed by atoms with Gasteiger partial charge in [-0.2, -0.15) is 0 Å². The highest BCUT2D eigenvalue weighted by atomic mass is 32.2. The lowest BCUT2D eigenvalue weighted by atomic mass is 10.1. The van der Waals surface area contributed by atoms with Crippen LogP contribution in [0.5, 0.6) is 0 Å². The molecule has 2 amide bonds. The number of benzene rings is 1. The molecule has 112 valence electrons. The fraction of sp³-hybridized carbons (Fsp3) is 0.462. The van der Waals surface area contributed by atoms with Gasteiger partial charge in [-0.1, -0.05) is 30.3 Å². The van der Waals surface area contributed by atoms with Crippen molar-refractivity contribution in [1.29, 1.82) is 0 Å². The monoisotopic (exact) mass is 299 g/mol. The van der Waals surface area contributed by atoms with Crippen molar-refractivity contribution in [3.63, 3.8) is 0 Å². The van der Waals surface area contributed by atoms with E-state index in [1.165, 1.54) is 5.56 Å². The highest BCUT2D eigenvalue weighted by Gasteiger charge is 2.01. The number of rotatable bonds is 8. The number of aryl methyl sites for hydroxylation is 1. The standard InChI is InChI=1S/C13H21N3O3S/c1-20(18,19)16-11-10-15-13(17)14-9-5-8-12-6-3-2-4-7-12/h2-4,6-7,16H,5,8-11H2,1H3,(H2,14,15,17). The fourth-order valence-electron chi connectivity index (χ4n) is 1.61. The van der Waals surface area contributed by atoms with Crippen LogP contribution in [0.15, 0.2) is 30.3 Å². The van der Waals surface area contributed by atoms with Crippen molar-refractivity contribution >= 4 is 16.1 Å². The normalized spacial score (nSPS) is 11.1. The van der Waals surface area contributed by atoms with E-state index in [1.54, 1.807) is 0 Å². The van der Waals surface area contributed by atoms with Gasteiger partial charge in [-0.3, -0.25) is 0 Å². The van der Waals surface area contributed by atoms with E-state index in [-0.39, 0.29) is 19.1 Å². The Morgan fingerprint density at radius 1 is 1.05 bits per heavy atom. The summed E-state index contributed by atoms with van der Waals surface area (Å²) in [6.07, 6.45) is 2.85. The highest BCUT2D eigenvalue weighted by Crippen LogP contribution is 2.01. The van der Waals surface area contributed by atoms with Crippen LogP contribution < -0.4 is 15.4 Å². The molecule has 0 aliphatic heterocycles. The molecular formula is C13H21N3O3S. The van der Waals surface area contributed by atoms with E-state index in [0.717, 1.165) is 19.1 Å². The predicted molar refractivity (Wildman–Crippen MR) is 79.0 cm³/mol. The summed E-state index contributed by atoms with van der Waals surface area (Å²) in [5.41, 5.74) is 1.24. The van der Waals surface area contributed by atoms with Crippen molar-refractivity contribution in [3.05, 3.63) is 35.9 Å². The molecule has 0 aromatic heterocycles. The fourth-order valence-corrected chi connectivity index (χ4v) is 2.09. The Hall–Kier alpha value is -1.60. The van der Waals surface area contributed by atoms with Crippen LogP contribution in [0.3, 0.4) is 0 Å². The van der Waals surface area contributed by atoms with Crippen molar-refractivity contribution in [3.8, 4) is 0 Å². The summed E-state index contributed by atoms with van der Waals surface area (Å²) in [4.78, 5) is 11.4. The number of sulfonamides is 1. The third kappa shape index (κ3) is 8.49. The molecule has 0 saturated carbocycles. The Kier molecular flexibility index (Phi) is 7.03. The van der Waals surface area contributed by atoms with E-state index >= 15 is 0 Å². The second-order valence-corrected chi connectivity index (χ2v) is 6.27. The quantitative estimate of drug-likeness (QED) is 0.610. The SMILES string of the molecule is CS(=O)(=O)NCCNC(=O)NCCCc1ccccc1. The Balaban J connectivity index is 2.03. The summed E-state index contributed by atoms with van der Waals surface area (Å²) in [7, 11) is -3.20. The summed E-state index contributed by atoms with van der Waals surface area (Å²) in [5.74, 6) is 0. The van der Waals surface area contributed by atoms with Crippen LogP contribution in [0.2, 0.25) is 0 Å². The molecule has 0 bridgehead atoms. The first kappa shape index (κ1) is 16.5. The average Bonchev–Trinajstić information content (AvgIpc) is 2.40. The number of hydrogen-bond acceptors (Lipinski definition) is 3. The van der Waals surface area contributed by atoms with Gasteiger partial charge in [-0.15, -0.1) is 0 Å². The number of carbonyl (C=O) groups excluding carboxylic acids is 1. The molecule has 3 N–H and O–H groups in total. The lowest BCUT2D eigenvalue weighted by molar-refractivity contribution is 0.241. The zero-order chi connectivity index (χ0) is 14.8. The van der Waals surface area contributed by atoms with Crippen LogP contribution in [0.4, 0.5) is 4.79 Å². The number of nitrogens with one attached hydrogen (secondary N) is 3. The van der Waals surface area contributed by atoms with Gasteiger partial charge in [0.15, 0.2) is 0 Å². The van der Waals surface area contributed by atoms with E-state index in [0.29, 0.717) is 6.54 Å². The van der Waals surface area contributed by atoms with E-state index in [1.807, 2.05) is 18.2 Å². The molecule has 1 aromatic carbocycles. The maximum absolute atomic E-state index is 11.4. The van der Waals surface area contributed by atoms with Gasteiger partial charge in [-0.25, -0.2) is 17.9 Å². The van der Waals surface area contributed by atoms with Gasteiger partial charge in [0.2, 0.25) is 10.0 Å². The summed E-state index contributed by atoms with van der Waals surface area (Å²) >= 11 is 0. The summed E-state index contributed by atoms with van der Waals surface area (Å²) < 4.78 is 23.9. The van der Waals surface area contributed by atoms with Crippen molar-refractivity contribution in [2.75, 3.05) is 25.9 Å². The lowest BCUT2D eigenvalue weighted by Gasteiger charge is -2.07. The number of urea groups is 1. The van der Waals surface area contributed by atoms with Gasteiger partial charge in [0.1, 0.15) is 0 Å². The molecule has 0 heterocycles. The third-order valence-corrected chi connectivity index (χ3v) is 3.27. The van der Waals surface area contributed by atoms with Crippen molar-refractivity contribution in [1.82, 2.24) is 15.4 Å². The van der Waals surface area contributed by atoms with Gasteiger partial charge >= 0.3 is 6.03 Å². The lowest BCUT2D eigenvalue weighted by Crippen LogP contribution is -2.40. The Bertz CT molecular complexity index is 503. The van der Waals surface area contributed by atoms with Gasteiger partial charge in [0.05, 0.1) is 6.26 Å². The minimum atomic E-state index is -3.20. The van der Waals surface area contributed by atoms with E-state index < -0.39 is 10.0 Å². The number of hydrogen-bond donors (Lipinski definition) is 3. The molecule has 0 saturated heterocycles. The molecule has 1 aromatic rings. The molecule has 0 aliphatic rings. The van der Waals surface area contributed by atoms with Crippen LogP contribution in [0.1, 0.15) is 12.0 Å². The maximum Gasteiger partial charge on any atom is 0.314 e. The largest absolute Gasteiger partial charge is 0.338 e. The first-order chi connectivity index (χ1) is 9.47. The Labute approximate surface area is 120 Å². The molecule has 1 rings (SSSR count). The van der Waals surface area contributed by atoms with Gasteiger partial charge < -0.3 is 10.6 Å². The van der Waals surface area contributed by atoms with E-state index in [4.69, 9.17) is 0 Å². The molecule has 0 unspecified atom stereocenters. The molecule has 0 atom stereocenters. The Morgan fingerprint density at radius 3 is 2.35 bits per heavy atom.